The normalized spacial score (nSPS) is 26.1. The zero-order valence-corrected chi connectivity index (χ0v) is 7.50. The van der Waals surface area contributed by atoms with Crippen LogP contribution in [0.3, 0.4) is 0 Å². The summed E-state index contributed by atoms with van der Waals surface area (Å²) >= 11 is 0. The smallest absolute Gasteiger partial charge is 0.298 e. The molecule has 1 atom stereocenters. The van der Waals surface area contributed by atoms with Gasteiger partial charge in [0.1, 0.15) is 5.60 Å². The Morgan fingerprint density at radius 2 is 2.38 bits per heavy atom. The van der Waals surface area contributed by atoms with Crippen molar-refractivity contribution in [3.8, 4) is 24.2 Å². The monoisotopic (exact) mass is 177 g/mol. The van der Waals surface area contributed by atoms with Crippen molar-refractivity contribution in [2.45, 2.75) is 18.9 Å². The Labute approximate surface area is 77.7 Å². The van der Waals surface area contributed by atoms with E-state index >= 15 is 0 Å². The minimum Gasteiger partial charge on any atom is -0.376 e. The number of aliphatic hydroxyl groups is 1. The van der Waals surface area contributed by atoms with Crippen LogP contribution >= 0.6 is 0 Å². The summed E-state index contributed by atoms with van der Waals surface area (Å²) in [5.74, 6) is 6.93. The number of carbonyl (C=O) groups is 1. The second-order valence-corrected chi connectivity index (χ2v) is 3.03. The molecule has 1 fully saturated rings. The lowest BCUT2D eigenvalue weighted by atomic mass is 10.1. The van der Waals surface area contributed by atoms with Gasteiger partial charge in [0.05, 0.1) is 6.54 Å². The van der Waals surface area contributed by atoms with Crippen molar-refractivity contribution in [2.24, 2.45) is 0 Å². The molecule has 0 spiro atoms. The van der Waals surface area contributed by atoms with E-state index in [2.05, 4.69) is 17.8 Å². The Hall–Kier alpha value is -1.45. The first-order valence-electron chi connectivity index (χ1n) is 4.03. The molecule has 3 nitrogen and oxygen atoms in total. The molecule has 1 saturated heterocycles. The molecular weight excluding hydrogens is 166 g/mol. The Morgan fingerprint density at radius 3 is 2.85 bits per heavy atom. The molecule has 0 aromatic carbocycles. The Morgan fingerprint density at radius 1 is 1.69 bits per heavy atom. The van der Waals surface area contributed by atoms with Crippen LogP contribution in [0, 0.1) is 24.2 Å². The molecule has 0 radical (unpaired) electrons. The van der Waals surface area contributed by atoms with Gasteiger partial charge < -0.3 is 10.0 Å². The van der Waals surface area contributed by atoms with Crippen LogP contribution in [0.4, 0.5) is 0 Å². The number of carbonyl (C=O) groups excluding carboxylic acids is 1. The van der Waals surface area contributed by atoms with Crippen LogP contribution in [0.5, 0.6) is 0 Å². The van der Waals surface area contributed by atoms with Crippen molar-refractivity contribution in [2.75, 3.05) is 13.1 Å². The van der Waals surface area contributed by atoms with Gasteiger partial charge in [0.15, 0.2) is 0 Å². The number of hydrogen-bond acceptors (Lipinski definition) is 2. The van der Waals surface area contributed by atoms with Crippen molar-refractivity contribution in [1.29, 1.82) is 0 Å². The van der Waals surface area contributed by atoms with E-state index in [4.69, 9.17) is 6.42 Å². The van der Waals surface area contributed by atoms with Crippen molar-refractivity contribution >= 4 is 5.91 Å². The van der Waals surface area contributed by atoms with Crippen molar-refractivity contribution < 1.29 is 9.90 Å². The molecule has 0 aromatic heterocycles. The minimum absolute atomic E-state index is 0.191. The molecular formula is C10H11NO2. The first kappa shape index (κ1) is 9.64. The molecule has 0 saturated carbocycles. The fourth-order valence-electron chi connectivity index (χ4n) is 1.27. The van der Waals surface area contributed by atoms with Gasteiger partial charge in [-0.1, -0.05) is 11.8 Å². The van der Waals surface area contributed by atoms with Crippen LogP contribution in [0.15, 0.2) is 0 Å². The average molecular weight is 177 g/mol. The molecule has 13 heavy (non-hydrogen) atoms. The lowest BCUT2D eigenvalue weighted by Crippen LogP contribution is -2.34. The van der Waals surface area contributed by atoms with Gasteiger partial charge in [-0.3, -0.25) is 4.79 Å². The fraction of sp³-hybridized carbons (Fsp3) is 0.500. The van der Waals surface area contributed by atoms with E-state index in [0.717, 1.165) is 0 Å². The molecule has 1 aliphatic rings. The summed E-state index contributed by atoms with van der Waals surface area (Å²) in [5.41, 5.74) is -1.15. The van der Waals surface area contributed by atoms with Gasteiger partial charge in [-0.25, -0.2) is 0 Å². The lowest BCUT2D eigenvalue weighted by Gasteiger charge is -2.15. The summed E-state index contributed by atoms with van der Waals surface area (Å²) in [7, 11) is 0. The van der Waals surface area contributed by atoms with Gasteiger partial charge >= 0.3 is 0 Å². The van der Waals surface area contributed by atoms with E-state index < -0.39 is 5.60 Å². The van der Waals surface area contributed by atoms with Gasteiger partial charge in [-0.05, 0) is 12.8 Å². The molecule has 3 heteroatoms. The quantitative estimate of drug-likeness (QED) is 0.512. The molecule has 1 unspecified atom stereocenters. The summed E-state index contributed by atoms with van der Waals surface area (Å²) < 4.78 is 0. The number of amides is 1. The number of β-amino-alcohol motifs (C(OH)–C–C–N with tert-alkyl or cyclic N) is 1. The van der Waals surface area contributed by atoms with E-state index in [1.165, 1.54) is 4.90 Å². The van der Waals surface area contributed by atoms with Gasteiger partial charge in [0.2, 0.25) is 0 Å². The predicted octanol–water partition coefficient (Wildman–Crippen LogP) is -0.394. The summed E-state index contributed by atoms with van der Waals surface area (Å²) in [6.07, 6.45) is 5.56. The van der Waals surface area contributed by atoms with Gasteiger partial charge in [0, 0.05) is 13.0 Å². The maximum atomic E-state index is 11.2. The highest BCUT2D eigenvalue weighted by Crippen LogP contribution is 2.19. The van der Waals surface area contributed by atoms with Crippen LogP contribution < -0.4 is 0 Å². The number of nitrogens with zero attached hydrogens (tertiary/aromatic N) is 1. The summed E-state index contributed by atoms with van der Waals surface area (Å²) in [4.78, 5) is 12.7. The molecule has 1 aliphatic heterocycles. The molecule has 0 aliphatic carbocycles. The second-order valence-electron chi connectivity index (χ2n) is 3.03. The minimum atomic E-state index is -1.15. The maximum absolute atomic E-state index is 11.2. The van der Waals surface area contributed by atoms with Crippen LogP contribution in [0.1, 0.15) is 13.3 Å². The van der Waals surface area contributed by atoms with Gasteiger partial charge in [0.25, 0.3) is 5.91 Å². The predicted molar refractivity (Wildman–Crippen MR) is 48.4 cm³/mol. The van der Waals surface area contributed by atoms with Crippen LogP contribution in [-0.2, 0) is 4.79 Å². The summed E-state index contributed by atoms with van der Waals surface area (Å²) in [6.45, 7) is 2.27. The second kappa shape index (κ2) is 3.51. The van der Waals surface area contributed by atoms with E-state index in [-0.39, 0.29) is 12.5 Å². The molecule has 1 amide bonds. The highest BCUT2D eigenvalue weighted by atomic mass is 16.3. The third kappa shape index (κ3) is 2.02. The van der Waals surface area contributed by atoms with Crippen LogP contribution in [0.25, 0.3) is 0 Å². The molecule has 1 rings (SSSR count). The SMILES string of the molecule is C#CC1(O)CCN(C(=O)C#CC)C1. The number of rotatable bonds is 0. The van der Waals surface area contributed by atoms with Gasteiger partial charge in [-0.15, -0.1) is 6.42 Å². The van der Waals surface area contributed by atoms with Crippen LogP contribution in [-0.4, -0.2) is 34.6 Å². The Bertz CT molecular complexity index is 318. The average Bonchev–Trinajstić information content (AvgIpc) is 2.50. The molecule has 0 bridgehead atoms. The van der Waals surface area contributed by atoms with Gasteiger partial charge in [-0.2, -0.15) is 0 Å². The largest absolute Gasteiger partial charge is 0.376 e. The summed E-state index contributed by atoms with van der Waals surface area (Å²) in [6, 6.07) is 0. The van der Waals surface area contributed by atoms with Crippen LogP contribution in [0.2, 0.25) is 0 Å². The molecule has 1 N–H and O–H groups in total. The lowest BCUT2D eigenvalue weighted by molar-refractivity contribution is -0.124. The van der Waals surface area contributed by atoms with Crippen molar-refractivity contribution in [3.05, 3.63) is 0 Å². The van der Waals surface area contributed by atoms with E-state index in [9.17, 15) is 9.90 Å². The molecule has 68 valence electrons. The summed E-state index contributed by atoms with van der Waals surface area (Å²) in [5, 5.41) is 9.61. The number of terminal acetylenes is 1. The first-order chi connectivity index (χ1) is 6.11. The van der Waals surface area contributed by atoms with Crippen molar-refractivity contribution in [1.82, 2.24) is 4.90 Å². The van der Waals surface area contributed by atoms with Crippen molar-refractivity contribution in [3.63, 3.8) is 0 Å². The number of likely N-dealkylation sites (tertiary alicyclic amines) is 1. The zero-order chi connectivity index (χ0) is 9.90. The highest BCUT2D eigenvalue weighted by molar-refractivity contribution is 5.93. The Balaban J connectivity index is 2.64. The highest BCUT2D eigenvalue weighted by Gasteiger charge is 2.35. The zero-order valence-electron chi connectivity index (χ0n) is 7.50. The Kier molecular flexibility index (Phi) is 2.60. The third-order valence-corrected chi connectivity index (χ3v) is 2.04. The maximum Gasteiger partial charge on any atom is 0.298 e. The van der Waals surface area contributed by atoms with E-state index in [1.807, 2.05) is 0 Å². The van der Waals surface area contributed by atoms with E-state index in [1.54, 1.807) is 6.92 Å². The van der Waals surface area contributed by atoms with E-state index in [0.29, 0.717) is 13.0 Å². The standard InChI is InChI=1S/C10H11NO2/c1-3-5-9(12)11-7-6-10(13,4-2)8-11/h2,13H,6-8H2,1H3. The molecule has 0 aromatic rings. The first-order valence-corrected chi connectivity index (χ1v) is 4.03. The third-order valence-electron chi connectivity index (χ3n) is 2.04. The topological polar surface area (TPSA) is 40.5 Å². The fourth-order valence-corrected chi connectivity index (χ4v) is 1.27. The number of hydrogen-bond donors (Lipinski definition) is 1. The molecule has 1 heterocycles.